The van der Waals surface area contributed by atoms with E-state index in [0.29, 0.717) is 16.3 Å². The average molecular weight is 497 g/mol. The first-order valence-corrected chi connectivity index (χ1v) is 11.4. The van der Waals surface area contributed by atoms with Crippen LogP contribution in [0.2, 0.25) is 0 Å². The first-order valence-electron chi connectivity index (χ1n) is 9.70. The van der Waals surface area contributed by atoms with E-state index in [4.69, 9.17) is 4.74 Å². The number of fused-ring (bicyclic) bond motifs is 1. The molecule has 0 bridgehead atoms. The molecule has 0 unspecified atom stereocenters. The lowest BCUT2D eigenvalue weighted by atomic mass is 9.94. The standard InChI is InChI=1S/C23H17BrN2O4S/c1-12-10-15-11-14(4-7-17(15)30-12)20(27)18-19(13-2-5-16(24)6-3-13)26(22(29)21(18)28)23-25-8-9-31-23/h2-9,11-12,19,27H,10H2,1H3/b20-18+/t12-,19+/m0/s1. The van der Waals surface area contributed by atoms with Crippen molar-refractivity contribution in [1.82, 2.24) is 4.98 Å². The van der Waals surface area contributed by atoms with Crippen LogP contribution in [0.4, 0.5) is 5.13 Å². The van der Waals surface area contributed by atoms with Crippen molar-refractivity contribution in [1.29, 1.82) is 0 Å². The lowest BCUT2D eigenvalue weighted by molar-refractivity contribution is -0.132. The van der Waals surface area contributed by atoms with Gasteiger partial charge >= 0.3 is 5.91 Å². The van der Waals surface area contributed by atoms with E-state index in [1.807, 2.05) is 37.3 Å². The first kappa shape index (κ1) is 20.0. The molecule has 2 aromatic carbocycles. The van der Waals surface area contributed by atoms with Crippen molar-refractivity contribution in [3.05, 3.63) is 80.8 Å². The van der Waals surface area contributed by atoms with Crippen molar-refractivity contribution in [3.63, 3.8) is 0 Å². The van der Waals surface area contributed by atoms with Gasteiger partial charge in [0.2, 0.25) is 0 Å². The summed E-state index contributed by atoms with van der Waals surface area (Å²) in [6.07, 6.45) is 2.37. The van der Waals surface area contributed by atoms with E-state index in [0.717, 1.165) is 22.2 Å². The summed E-state index contributed by atoms with van der Waals surface area (Å²) >= 11 is 4.68. The van der Waals surface area contributed by atoms with E-state index >= 15 is 0 Å². The number of hydrogen-bond acceptors (Lipinski definition) is 6. The number of thiazole rings is 1. The molecule has 6 nitrogen and oxygen atoms in total. The highest BCUT2D eigenvalue weighted by atomic mass is 79.9. The quantitative estimate of drug-likeness (QED) is 0.318. The van der Waals surface area contributed by atoms with Crippen LogP contribution in [0.15, 0.2) is 64.1 Å². The predicted molar refractivity (Wildman–Crippen MR) is 121 cm³/mol. The summed E-state index contributed by atoms with van der Waals surface area (Å²) in [6, 6.07) is 11.9. The molecule has 2 atom stereocenters. The maximum atomic E-state index is 13.1. The van der Waals surface area contributed by atoms with Gasteiger partial charge in [-0.1, -0.05) is 28.1 Å². The second-order valence-corrected chi connectivity index (χ2v) is 9.28. The van der Waals surface area contributed by atoms with Crippen LogP contribution in [-0.4, -0.2) is 27.9 Å². The second-order valence-electron chi connectivity index (χ2n) is 7.49. The Labute approximate surface area is 190 Å². The fraction of sp³-hybridized carbons (Fsp3) is 0.174. The Balaban J connectivity index is 1.68. The van der Waals surface area contributed by atoms with Gasteiger partial charge in [0, 0.05) is 28.0 Å². The zero-order valence-electron chi connectivity index (χ0n) is 16.4. The van der Waals surface area contributed by atoms with Gasteiger partial charge in [0.25, 0.3) is 5.78 Å². The molecular weight excluding hydrogens is 480 g/mol. The summed E-state index contributed by atoms with van der Waals surface area (Å²) in [4.78, 5) is 31.7. The number of ketones is 1. The Morgan fingerprint density at radius 1 is 1.23 bits per heavy atom. The van der Waals surface area contributed by atoms with Crippen molar-refractivity contribution < 1.29 is 19.4 Å². The third kappa shape index (κ3) is 3.36. The van der Waals surface area contributed by atoms with E-state index in [9.17, 15) is 14.7 Å². The van der Waals surface area contributed by atoms with Crippen molar-refractivity contribution in [2.24, 2.45) is 0 Å². The average Bonchev–Trinajstić information content (AvgIpc) is 3.46. The Morgan fingerprint density at radius 3 is 2.71 bits per heavy atom. The molecule has 8 heteroatoms. The number of amides is 1. The summed E-state index contributed by atoms with van der Waals surface area (Å²) in [5, 5.41) is 13.4. The fourth-order valence-electron chi connectivity index (χ4n) is 4.05. The van der Waals surface area contributed by atoms with Crippen LogP contribution in [0.25, 0.3) is 5.76 Å². The highest BCUT2D eigenvalue weighted by Gasteiger charge is 2.48. The number of aliphatic hydroxyl groups is 1. The van der Waals surface area contributed by atoms with Crippen molar-refractivity contribution >= 4 is 49.8 Å². The number of anilines is 1. The van der Waals surface area contributed by atoms with Gasteiger partial charge in [-0.25, -0.2) is 4.98 Å². The Kier molecular flexibility index (Phi) is 4.91. The number of halogens is 1. The molecule has 5 rings (SSSR count). The SMILES string of the molecule is C[C@H]1Cc2cc(/C(O)=C3\C(=O)C(=O)N(c4nccs4)[C@@H]3c3ccc(Br)cc3)ccc2O1. The van der Waals surface area contributed by atoms with Crippen LogP contribution in [0.3, 0.4) is 0 Å². The lowest BCUT2D eigenvalue weighted by Gasteiger charge is -2.23. The number of carbonyl (C=O) groups is 2. The van der Waals surface area contributed by atoms with Crippen LogP contribution >= 0.6 is 27.3 Å². The van der Waals surface area contributed by atoms with Crippen molar-refractivity contribution in [3.8, 4) is 5.75 Å². The van der Waals surface area contributed by atoms with Gasteiger partial charge < -0.3 is 9.84 Å². The van der Waals surface area contributed by atoms with E-state index in [1.165, 1.54) is 16.2 Å². The largest absolute Gasteiger partial charge is 0.507 e. The van der Waals surface area contributed by atoms with Gasteiger partial charge in [0.05, 0.1) is 11.6 Å². The molecular formula is C23H17BrN2O4S. The van der Waals surface area contributed by atoms with Gasteiger partial charge in [-0.05, 0) is 48.4 Å². The molecule has 2 aliphatic rings. The first-order chi connectivity index (χ1) is 14.9. The molecule has 1 aromatic heterocycles. The number of nitrogens with zero attached hydrogens (tertiary/aromatic N) is 2. The van der Waals surface area contributed by atoms with Gasteiger partial charge in [-0.2, -0.15) is 0 Å². The Hall–Kier alpha value is -2.97. The number of aromatic nitrogens is 1. The zero-order chi connectivity index (χ0) is 21.7. The van der Waals surface area contributed by atoms with Gasteiger partial charge in [0.1, 0.15) is 17.6 Å². The molecule has 1 saturated heterocycles. The molecule has 156 valence electrons. The molecule has 1 N–H and O–H groups in total. The third-order valence-corrected chi connectivity index (χ3v) is 6.72. The lowest BCUT2D eigenvalue weighted by Crippen LogP contribution is -2.29. The van der Waals surface area contributed by atoms with Crippen LogP contribution in [0.5, 0.6) is 5.75 Å². The topological polar surface area (TPSA) is 79.7 Å². The molecule has 2 aliphatic heterocycles. The number of hydrogen-bond donors (Lipinski definition) is 1. The molecule has 0 radical (unpaired) electrons. The maximum absolute atomic E-state index is 13.1. The van der Waals surface area contributed by atoms with Crippen LogP contribution < -0.4 is 9.64 Å². The van der Waals surface area contributed by atoms with Gasteiger partial charge in [-0.15, -0.1) is 11.3 Å². The number of ether oxygens (including phenoxy) is 1. The highest BCUT2D eigenvalue weighted by Crippen LogP contribution is 2.43. The van der Waals surface area contributed by atoms with Crippen LogP contribution in [-0.2, 0) is 16.0 Å². The zero-order valence-corrected chi connectivity index (χ0v) is 18.8. The summed E-state index contributed by atoms with van der Waals surface area (Å²) in [7, 11) is 0. The number of benzene rings is 2. The van der Waals surface area contributed by atoms with E-state index in [1.54, 1.807) is 23.7 Å². The predicted octanol–water partition coefficient (Wildman–Crippen LogP) is 4.86. The maximum Gasteiger partial charge on any atom is 0.301 e. The molecule has 0 spiro atoms. The monoisotopic (exact) mass is 496 g/mol. The summed E-state index contributed by atoms with van der Waals surface area (Å²) in [6.45, 7) is 1.98. The van der Waals surface area contributed by atoms with E-state index in [2.05, 4.69) is 20.9 Å². The highest BCUT2D eigenvalue weighted by molar-refractivity contribution is 9.10. The minimum atomic E-state index is -0.775. The molecule has 3 heterocycles. The second kappa shape index (κ2) is 7.62. The normalized spacial score (nSPS) is 21.9. The minimum Gasteiger partial charge on any atom is -0.507 e. The Bertz CT molecular complexity index is 1220. The molecule has 31 heavy (non-hydrogen) atoms. The summed E-state index contributed by atoms with van der Waals surface area (Å²) < 4.78 is 6.61. The smallest absolute Gasteiger partial charge is 0.301 e. The van der Waals surface area contributed by atoms with Crippen LogP contribution in [0, 0.1) is 0 Å². The Morgan fingerprint density at radius 2 is 2.00 bits per heavy atom. The van der Waals surface area contributed by atoms with Crippen LogP contribution in [0.1, 0.15) is 29.7 Å². The fourth-order valence-corrected chi connectivity index (χ4v) is 4.98. The number of carbonyl (C=O) groups excluding carboxylic acids is 2. The molecule has 1 fully saturated rings. The van der Waals surface area contributed by atoms with Gasteiger partial charge in [0.15, 0.2) is 5.13 Å². The number of aliphatic hydroxyl groups excluding tert-OH is 1. The number of rotatable bonds is 3. The summed E-state index contributed by atoms with van der Waals surface area (Å²) in [5.74, 6) is -0.863. The van der Waals surface area contributed by atoms with E-state index < -0.39 is 17.7 Å². The van der Waals surface area contributed by atoms with Crippen molar-refractivity contribution in [2.45, 2.75) is 25.5 Å². The minimum absolute atomic E-state index is 0.0504. The summed E-state index contributed by atoms with van der Waals surface area (Å²) in [5.41, 5.74) is 2.20. The molecule has 0 aliphatic carbocycles. The third-order valence-electron chi connectivity index (χ3n) is 5.42. The van der Waals surface area contributed by atoms with E-state index in [-0.39, 0.29) is 17.4 Å². The number of Topliss-reactive ketones (excluding diaryl/α,β-unsaturated/α-hetero) is 1. The molecule has 0 saturated carbocycles. The van der Waals surface area contributed by atoms with Gasteiger partial charge in [-0.3, -0.25) is 14.5 Å². The van der Waals surface area contributed by atoms with Crippen molar-refractivity contribution in [2.75, 3.05) is 4.90 Å². The molecule has 3 aromatic rings. The molecule has 1 amide bonds.